The SMILES string of the molecule is CC(C)(C)N(CCS(C)(=O)=O)C(=O)c1ccn(C2CCCC2)n1. The van der Waals surface area contributed by atoms with Crippen molar-refractivity contribution in [2.24, 2.45) is 0 Å². The lowest BCUT2D eigenvalue weighted by atomic mass is 10.1. The van der Waals surface area contributed by atoms with Gasteiger partial charge in [0, 0.05) is 24.5 Å². The van der Waals surface area contributed by atoms with E-state index in [4.69, 9.17) is 0 Å². The highest BCUT2D eigenvalue weighted by Gasteiger charge is 2.30. The topological polar surface area (TPSA) is 72.3 Å². The van der Waals surface area contributed by atoms with Crippen LogP contribution in [0, 0.1) is 0 Å². The molecule has 1 amide bonds. The van der Waals surface area contributed by atoms with Crippen LogP contribution in [-0.2, 0) is 9.84 Å². The summed E-state index contributed by atoms with van der Waals surface area (Å²) in [5, 5.41) is 4.45. The molecule has 6 nitrogen and oxygen atoms in total. The summed E-state index contributed by atoms with van der Waals surface area (Å²) in [4.78, 5) is 14.4. The van der Waals surface area contributed by atoms with Gasteiger partial charge in [0.1, 0.15) is 15.5 Å². The summed E-state index contributed by atoms with van der Waals surface area (Å²) in [6, 6.07) is 2.12. The molecule has 0 atom stereocenters. The third-order valence-electron chi connectivity index (χ3n) is 4.27. The first-order valence-electron chi connectivity index (χ1n) is 8.13. The molecule has 23 heavy (non-hydrogen) atoms. The summed E-state index contributed by atoms with van der Waals surface area (Å²) >= 11 is 0. The molecule has 1 saturated carbocycles. The van der Waals surface area contributed by atoms with Gasteiger partial charge in [-0.15, -0.1) is 0 Å². The quantitative estimate of drug-likeness (QED) is 0.824. The maximum atomic E-state index is 12.8. The fraction of sp³-hybridized carbons (Fsp3) is 0.750. The molecule has 0 bridgehead atoms. The fourth-order valence-electron chi connectivity index (χ4n) is 2.96. The Kier molecular flexibility index (Phi) is 5.18. The zero-order chi connectivity index (χ0) is 17.3. The Morgan fingerprint density at radius 2 is 1.96 bits per heavy atom. The van der Waals surface area contributed by atoms with Gasteiger partial charge in [0.15, 0.2) is 0 Å². The molecule has 0 N–H and O–H groups in total. The summed E-state index contributed by atoms with van der Waals surface area (Å²) in [6.07, 6.45) is 7.67. The minimum Gasteiger partial charge on any atom is -0.331 e. The van der Waals surface area contributed by atoms with E-state index >= 15 is 0 Å². The molecule has 0 aromatic carbocycles. The van der Waals surface area contributed by atoms with Gasteiger partial charge >= 0.3 is 0 Å². The second kappa shape index (κ2) is 6.63. The predicted octanol–water partition coefficient (Wildman–Crippen LogP) is 2.28. The molecular weight excluding hydrogens is 314 g/mol. The van der Waals surface area contributed by atoms with Crippen LogP contribution in [0.1, 0.15) is 63.0 Å². The second-order valence-corrected chi connectivity index (χ2v) is 9.64. The Balaban J connectivity index is 2.16. The summed E-state index contributed by atoms with van der Waals surface area (Å²) in [5.41, 5.74) is -0.0702. The van der Waals surface area contributed by atoms with Crippen LogP contribution in [0.5, 0.6) is 0 Å². The van der Waals surface area contributed by atoms with E-state index in [-0.39, 0.29) is 18.2 Å². The van der Waals surface area contributed by atoms with Gasteiger partial charge in [-0.05, 0) is 39.7 Å². The van der Waals surface area contributed by atoms with Crippen LogP contribution in [0.25, 0.3) is 0 Å². The second-order valence-electron chi connectivity index (χ2n) is 7.38. The third-order valence-corrected chi connectivity index (χ3v) is 5.19. The molecule has 0 radical (unpaired) electrons. The first-order valence-corrected chi connectivity index (χ1v) is 10.2. The van der Waals surface area contributed by atoms with Gasteiger partial charge in [0.2, 0.25) is 0 Å². The van der Waals surface area contributed by atoms with Crippen LogP contribution in [0.15, 0.2) is 12.3 Å². The summed E-state index contributed by atoms with van der Waals surface area (Å²) in [6.45, 7) is 5.89. The lowest BCUT2D eigenvalue weighted by Crippen LogP contribution is -2.47. The molecule has 0 saturated heterocycles. The van der Waals surface area contributed by atoms with Gasteiger partial charge in [0.05, 0.1) is 11.8 Å². The summed E-state index contributed by atoms with van der Waals surface area (Å²) in [7, 11) is -3.12. The van der Waals surface area contributed by atoms with Crippen molar-refractivity contribution in [1.82, 2.24) is 14.7 Å². The molecule has 1 aliphatic carbocycles. The average Bonchev–Trinajstić information content (AvgIpc) is 3.07. The van der Waals surface area contributed by atoms with Gasteiger partial charge in [-0.2, -0.15) is 5.10 Å². The normalized spacial score (nSPS) is 16.7. The molecule has 1 aromatic rings. The first-order chi connectivity index (χ1) is 10.6. The number of amides is 1. The van der Waals surface area contributed by atoms with Crippen molar-refractivity contribution in [3.63, 3.8) is 0 Å². The van der Waals surface area contributed by atoms with Crippen LogP contribution in [-0.4, -0.2) is 53.1 Å². The van der Waals surface area contributed by atoms with E-state index in [0.717, 1.165) is 12.8 Å². The monoisotopic (exact) mass is 341 g/mol. The van der Waals surface area contributed by atoms with Crippen molar-refractivity contribution in [3.05, 3.63) is 18.0 Å². The zero-order valence-electron chi connectivity index (χ0n) is 14.4. The molecule has 1 aromatic heterocycles. The molecule has 2 rings (SSSR count). The molecule has 1 aliphatic rings. The number of nitrogens with zero attached hydrogens (tertiary/aromatic N) is 3. The number of carbonyl (C=O) groups excluding carboxylic acids is 1. The number of rotatable bonds is 5. The van der Waals surface area contributed by atoms with E-state index in [1.807, 2.05) is 31.6 Å². The molecule has 1 heterocycles. The summed E-state index contributed by atoms with van der Waals surface area (Å²) in [5.74, 6) is -0.253. The van der Waals surface area contributed by atoms with Gasteiger partial charge in [-0.1, -0.05) is 12.8 Å². The van der Waals surface area contributed by atoms with Crippen LogP contribution >= 0.6 is 0 Å². The van der Waals surface area contributed by atoms with Gasteiger partial charge < -0.3 is 4.90 Å². The van der Waals surface area contributed by atoms with Crippen molar-refractivity contribution in [2.75, 3.05) is 18.6 Å². The maximum Gasteiger partial charge on any atom is 0.274 e. The van der Waals surface area contributed by atoms with Crippen molar-refractivity contribution in [2.45, 2.75) is 58.0 Å². The van der Waals surface area contributed by atoms with E-state index in [9.17, 15) is 13.2 Å². The highest BCUT2D eigenvalue weighted by molar-refractivity contribution is 7.90. The highest BCUT2D eigenvalue weighted by atomic mass is 32.2. The van der Waals surface area contributed by atoms with E-state index in [1.165, 1.54) is 19.1 Å². The molecule has 1 fully saturated rings. The molecular formula is C16H27N3O3S. The van der Waals surface area contributed by atoms with Gasteiger partial charge in [-0.3, -0.25) is 9.48 Å². The number of hydrogen-bond donors (Lipinski definition) is 0. The molecule has 130 valence electrons. The Morgan fingerprint density at radius 1 is 1.35 bits per heavy atom. The smallest absolute Gasteiger partial charge is 0.274 e. The fourth-order valence-corrected chi connectivity index (χ4v) is 3.48. The molecule has 0 aliphatic heterocycles. The number of aromatic nitrogens is 2. The molecule has 0 spiro atoms. The average molecular weight is 341 g/mol. The summed E-state index contributed by atoms with van der Waals surface area (Å²) < 4.78 is 24.8. The highest BCUT2D eigenvalue weighted by Crippen LogP contribution is 2.29. The lowest BCUT2D eigenvalue weighted by Gasteiger charge is -2.35. The molecule has 0 unspecified atom stereocenters. The van der Waals surface area contributed by atoms with Crippen molar-refractivity contribution < 1.29 is 13.2 Å². The third kappa shape index (κ3) is 4.80. The van der Waals surface area contributed by atoms with E-state index in [2.05, 4.69) is 5.10 Å². The van der Waals surface area contributed by atoms with Crippen LogP contribution < -0.4 is 0 Å². The predicted molar refractivity (Wildman–Crippen MR) is 90.2 cm³/mol. The van der Waals surface area contributed by atoms with Crippen molar-refractivity contribution in [3.8, 4) is 0 Å². The maximum absolute atomic E-state index is 12.8. The van der Waals surface area contributed by atoms with Crippen LogP contribution in [0.3, 0.4) is 0 Å². The Hall–Kier alpha value is -1.37. The van der Waals surface area contributed by atoms with Crippen LogP contribution in [0.2, 0.25) is 0 Å². The van der Waals surface area contributed by atoms with E-state index < -0.39 is 15.4 Å². The minimum atomic E-state index is -3.12. The Morgan fingerprint density at radius 3 is 2.48 bits per heavy atom. The first kappa shape index (κ1) is 18.0. The van der Waals surface area contributed by atoms with E-state index in [1.54, 1.807) is 11.0 Å². The Labute approximate surface area is 138 Å². The molecule has 7 heteroatoms. The number of hydrogen-bond acceptors (Lipinski definition) is 4. The van der Waals surface area contributed by atoms with Crippen molar-refractivity contribution in [1.29, 1.82) is 0 Å². The number of carbonyl (C=O) groups is 1. The zero-order valence-corrected chi connectivity index (χ0v) is 15.3. The van der Waals surface area contributed by atoms with Gasteiger partial charge in [-0.25, -0.2) is 8.42 Å². The van der Waals surface area contributed by atoms with E-state index in [0.29, 0.717) is 11.7 Å². The lowest BCUT2D eigenvalue weighted by molar-refractivity contribution is 0.0593. The largest absolute Gasteiger partial charge is 0.331 e. The van der Waals surface area contributed by atoms with Crippen molar-refractivity contribution >= 4 is 15.7 Å². The number of sulfone groups is 1. The minimum absolute atomic E-state index is 0.0423. The van der Waals surface area contributed by atoms with Crippen LogP contribution in [0.4, 0.5) is 0 Å². The Bertz CT molecular complexity index is 652. The van der Waals surface area contributed by atoms with Gasteiger partial charge in [0.25, 0.3) is 5.91 Å². The standard InChI is InChI=1S/C16H27N3O3S/c1-16(2,3)18(11-12-23(4,21)22)15(20)14-9-10-19(17-14)13-7-5-6-8-13/h9-10,13H,5-8,11-12H2,1-4H3.